The average molecular weight is 2000 g/mol. The molecule has 145 heavy (non-hydrogen) atoms. The number of aromatic amines is 1. The van der Waals surface area contributed by atoms with Gasteiger partial charge >= 0.3 is 0 Å². The fraction of sp³-hybridized carbons (Fsp3) is 0.0777. The molecule has 0 aliphatic rings. The molecule has 0 spiro atoms. The summed E-state index contributed by atoms with van der Waals surface area (Å²) in [6, 6.07) is 59.2. The number of rotatable bonds is 19. The minimum Gasteiger partial charge on any atom is -0.494 e. The molecule has 0 saturated heterocycles. The van der Waals surface area contributed by atoms with Gasteiger partial charge in [0.2, 0.25) is 0 Å². The lowest BCUT2D eigenvalue weighted by Gasteiger charge is -2.09. The Labute approximate surface area is 832 Å². The van der Waals surface area contributed by atoms with Crippen LogP contribution in [0.25, 0.3) is 160 Å². The second-order valence-electron chi connectivity index (χ2n) is 33.8. The number of nitro groups is 1. The number of nitrogens with one attached hydrogen (secondary N) is 1. The summed E-state index contributed by atoms with van der Waals surface area (Å²) >= 11 is 12.3. The molecule has 0 unspecified atom stereocenters. The molecule has 0 aliphatic carbocycles. The molecular formula is C103H79Cl2N31O7S2. The molecule has 6 aromatic carbocycles. The molecular weight excluding hydrogens is 1920 g/mol. The quantitative estimate of drug-likeness (QED) is 0.0561. The molecule has 0 fully saturated rings. The zero-order valence-electron chi connectivity index (χ0n) is 77.1. The van der Waals surface area contributed by atoms with Crippen LogP contribution in [0.15, 0.2) is 353 Å². The first kappa shape index (κ1) is 91.4. The fourth-order valence-corrected chi connectivity index (χ4v) is 20.4. The highest BCUT2D eigenvalue weighted by Gasteiger charge is 2.27. The first-order valence-corrected chi connectivity index (χ1v) is 48.7. The van der Waals surface area contributed by atoms with Gasteiger partial charge in [-0.05, 0) is 143 Å². The Bertz CT molecular complexity index is 9680. The molecule has 26 rings (SSSR count). The van der Waals surface area contributed by atoms with E-state index in [2.05, 4.69) is 114 Å². The van der Waals surface area contributed by atoms with E-state index >= 15 is 0 Å². The number of halogens is 2. The number of aromatic nitrogens is 29. The highest BCUT2D eigenvalue weighted by molar-refractivity contribution is 7.90. The molecule has 26 aromatic rings. The van der Waals surface area contributed by atoms with Gasteiger partial charge in [-0.25, -0.2) is 15.0 Å². The van der Waals surface area contributed by atoms with Crippen LogP contribution in [-0.2, 0) is 60.8 Å². The number of ether oxygens (including phenoxy) is 1. The van der Waals surface area contributed by atoms with Crippen molar-refractivity contribution in [1.82, 2.24) is 140 Å². The van der Waals surface area contributed by atoms with Gasteiger partial charge in [-0.3, -0.25) is 72.6 Å². The maximum Gasteiger partial charge on any atom is 0.286 e. The standard InChI is InChI=1S/C22H18N6O3.C21H17N9.C20H14Cl2N6.2C20H15N5O2S/c1-2-31-19-5-3-4-15(8-19)16-9-21-20(23-10-16)12-25-27(21)14-18-11-24-22-7-6-17(28(29)30)13-26(18)22;1-28-11-17(8-26-28)14-2-3-21-23-9-18(29(21)12-14)13-30-20-4-15(16-6-24-25-7-16)5-22-19(20)10-27-30;21-14-3-12(4-15(22)6-14)13-5-19-18(24-7-13)9-26-28(19)11-17-8-25-20-2-1-16(23)10-27(17)20;1-24-13-16(11-22-24)15-9-19-18(21-10-15)12-23-25(19)28(26,27)20-8-4-6-14-5-2-3-7-17(14)20;1-24-13-17(11-22-24)16-9-20-19(21-10-16)12-23-25(20)28(26,27)18-7-6-14-4-2-3-5-15(14)8-18/h3-13H,2,14H2,1H3;2-12H,13H2,1H3,(H,24,25);1-10H,11,23H2;2*2-13H,1H3. The fourth-order valence-electron chi connectivity index (χ4n) is 17.1. The molecule has 20 heterocycles. The van der Waals surface area contributed by atoms with E-state index in [1.54, 1.807) is 141 Å². The van der Waals surface area contributed by atoms with Crippen LogP contribution in [0.2, 0.25) is 10.0 Å². The Morgan fingerprint density at radius 2 is 0.821 bits per heavy atom. The summed E-state index contributed by atoms with van der Waals surface area (Å²) in [5.74, 6) is 0.806. The summed E-state index contributed by atoms with van der Waals surface area (Å²) in [5.41, 5.74) is 30.0. The molecule has 38 nitrogen and oxygen atoms in total. The van der Waals surface area contributed by atoms with Crippen LogP contribution in [0.4, 0.5) is 11.4 Å². The van der Waals surface area contributed by atoms with Crippen molar-refractivity contribution in [2.45, 2.75) is 36.3 Å². The maximum atomic E-state index is 13.4. The van der Waals surface area contributed by atoms with E-state index in [9.17, 15) is 26.9 Å². The Morgan fingerprint density at radius 1 is 0.366 bits per heavy atom. The number of imidazole rings is 3. The van der Waals surface area contributed by atoms with Crippen LogP contribution in [0.5, 0.6) is 5.75 Å². The topological polar surface area (TPSA) is 434 Å². The van der Waals surface area contributed by atoms with Gasteiger partial charge in [-0.2, -0.15) is 70.9 Å². The Balaban J connectivity index is 0.000000103. The summed E-state index contributed by atoms with van der Waals surface area (Å²) in [4.78, 5) is 46.8. The lowest BCUT2D eigenvalue weighted by Crippen LogP contribution is -2.14. The molecule has 0 bridgehead atoms. The molecule has 20 aromatic heterocycles. The number of anilines is 1. The van der Waals surface area contributed by atoms with Crippen molar-refractivity contribution in [3.05, 3.63) is 380 Å². The van der Waals surface area contributed by atoms with Gasteiger partial charge in [0.05, 0.1) is 155 Å². The lowest BCUT2D eigenvalue weighted by molar-refractivity contribution is -0.385. The smallest absolute Gasteiger partial charge is 0.286 e. The van der Waals surface area contributed by atoms with E-state index in [1.165, 1.54) is 24.7 Å². The van der Waals surface area contributed by atoms with Crippen molar-refractivity contribution >= 4 is 148 Å². The molecule has 0 radical (unpaired) electrons. The number of benzene rings is 6. The van der Waals surface area contributed by atoms with Gasteiger partial charge in [0.15, 0.2) is 0 Å². The number of nitrogens with zero attached hydrogens (tertiary/aromatic N) is 29. The van der Waals surface area contributed by atoms with Crippen molar-refractivity contribution in [3.63, 3.8) is 0 Å². The van der Waals surface area contributed by atoms with Gasteiger partial charge in [0, 0.05) is 172 Å². The number of aryl methyl sites for hydroxylation is 3. The van der Waals surface area contributed by atoms with E-state index in [0.717, 1.165) is 158 Å². The normalized spacial score (nSPS) is 11.7. The monoisotopic (exact) mass is 2000 g/mol. The number of hydrogen-bond acceptors (Lipinski definition) is 25. The third-order valence-corrected chi connectivity index (χ3v) is 28.0. The van der Waals surface area contributed by atoms with Gasteiger partial charge in [0.1, 0.15) is 61.3 Å². The van der Waals surface area contributed by atoms with Gasteiger partial charge in [-0.1, -0.05) is 102 Å². The van der Waals surface area contributed by atoms with Crippen molar-refractivity contribution in [2.24, 2.45) is 21.1 Å². The number of hydrogen-bond donors (Lipinski definition) is 2. The third kappa shape index (κ3) is 18.5. The molecule has 0 saturated carbocycles. The zero-order chi connectivity index (χ0) is 99.3. The highest BCUT2D eigenvalue weighted by Crippen LogP contribution is 2.36. The molecule has 714 valence electrons. The van der Waals surface area contributed by atoms with Crippen LogP contribution in [0.1, 0.15) is 24.0 Å². The second-order valence-corrected chi connectivity index (χ2v) is 38.2. The number of nitrogens with two attached hydrogens (primary N) is 1. The van der Waals surface area contributed by atoms with Crippen LogP contribution < -0.4 is 10.5 Å². The van der Waals surface area contributed by atoms with E-state index in [1.807, 2.05) is 224 Å². The van der Waals surface area contributed by atoms with E-state index in [-0.39, 0.29) is 15.5 Å². The molecule has 0 aliphatic heterocycles. The van der Waals surface area contributed by atoms with Gasteiger partial charge in [0.25, 0.3) is 25.7 Å². The van der Waals surface area contributed by atoms with Crippen molar-refractivity contribution < 1.29 is 26.5 Å². The number of fused-ring (bicyclic) bond motifs is 10. The minimum atomic E-state index is -3.90. The predicted molar refractivity (Wildman–Crippen MR) is 551 cm³/mol. The highest BCUT2D eigenvalue weighted by atomic mass is 35.5. The first-order valence-electron chi connectivity index (χ1n) is 45.0. The molecule has 42 heteroatoms. The summed E-state index contributed by atoms with van der Waals surface area (Å²) in [6.07, 6.45) is 42.5. The molecule has 3 N–H and O–H groups in total. The maximum absolute atomic E-state index is 13.4. The first-order chi connectivity index (χ1) is 70.5. The minimum absolute atomic E-state index is 0.00945. The number of H-pyrrole nitrogens is 1. The van der Waals surface area contributed by atoms with Crippen LogP contribution in [-0.4, -0.2) is 169 Å². The number of pyridine rings is 8. The summed E-state index contributed by atoms with van der Waals surface area (Å²) < 4.78 is 77.7. The Hall–Kier alpha value is -18.7. The van der Waals surface area contributed by atoms with Crippen LogP contribution in [0.3, 0.4) is 0 Å². The summed E-state index contributed by atoms with van der Waals surface area (Å²) in [7, 11) is -2.20. The average Bonchev–Trinajstić information content (AvgIpc) is 1.67. The Kier molecular flexibility index (Phi) is 24.1. The largest absolute Gasteiger partial charge is 0.494 e. The second kappa shape index (κ2) is 38.2. The predicted octanol–water partition coefficient (Wildman–Crippen LogP) is 18.1. The van der Waals surface area contributed by atoms with Gasteiger partial charge < -0.3 is 19.3 Å². The van der Waals surface area contributed by atoms with E-state index in [4.69, 9.17) is 33.7 Å². The van der Waals surface area contributed by atoms with Crippen molar-refractivity contribution in [3.8, 4) is 72.5 Å². The van der Waals surface area contributed by atoms with Crippen LogP contribution in [0, 0.1) is 10.1 Å². The molecule has 0 atom stereocenters. The van der Waals surface area contributed by atoms with E-state index < -0.39 is 25.0 Å². The van der Waals surface area contributed by atoms with Crippen LogP contribution >= 0.6 is 23.2 Å². The number of nitrogen functional groups attached to an aromatic ring is 1. The van der Waals surface area contributed by atoms with Gasteiger partial charge in [-0.15, -0.1) is 0 Å². The van der Waals surface area contributed by atoms with Crippen molar-refractivity contribution in [1.29, 1.82) is 0 Å². The summed E-state index contributed by atoms with van der Waals surface area (Å²) in [6.45, 7) is 4.07. The Morgan fingerprint density at radius 3 is 1.35 bits per heavy atom. The SMILES string of the molecule is CCOc1cccc(-c2cnc3cnn(Cc4cnc5ccc([N+](=O)[O-])cn45)c3c2)c1.Cn1cc(-c2ccc3ncc(Cn4ncc5ncc(-c6cn[nH]c6)cc54)n3c2)cn1.Cn1cc(-c2cnc3cnn(S(=O)(=O)c4ccc5ccccc5c4)c3c2)cn1.Cn1cc(-c2cnc3cnn(S(=O)(=O)c4cccc5ccccc45)c3c2)cn1.Nc1ccc2ncc(Cn3ncc4ncc(-c5cc(Cl)cc(Cl)c5)cc43)n2c1. The van der Waals surface area contributed by atoms with E-state index in [0.29, 0.717) is 75.1 Å². The summed E-state index contributed by atoms with van der Waals surface area (Å²) in [5, 5.41) is 56.9. The molecule has 0 amide bonds. The zero-order valence-corrected chi connectivity index (χ0v) is 80.3. The third-order valence-electron chi connectivity index (χ3n) is 24.3. The van der Waals surface area contributed by atoms with Crippen molar-refractivity contribution in [2.75, 3.05) is 12.3 Å². The lowest BCUT2D eigenvalue weighted by atomic mass is 10.1.